The van der Waals surface area contributed by atoms with Crippen molar-refractivity contribution in [2.24, 2.45) is 5.92 Å². The molecule has 0 rings (SSSR count). The van der Waals surface area contributed by atoms with Crippen LogP contribution in [-0.4, -0.2) is 49.7 Å². The molecule has 0 heterocycles. The third-order valence-electron chi connectivity index (χ3n) is 1.53. The molecule has 2 atom stereocenters. The average Bonchev–Trinajstić information content (AvgIpc) is 2.04. The molecule has 4 heteroatoms. The smallest absolute Gasteiger partial charge is 0.0894 e. The first-order chi connectivity index (χ1) is 5.70. The molecule has 0 bridgehead atoms. The van der Waals surface area contributed by atoms with Gasteiger partial charge in [-0.05, 0) is 12.5 Å². The number of hydrogen-bond acceptors (Lipinski definition) is 4. The first kappa shape index (κ1) is 11.8. The van der Waals surface area contributed by atoms with Crippen LogP contribution in [-0.2, 0) is 4.74 Å². The van der Waals surface area contributed by atoms with Gasteiger partial charge in [-0.25, -0.2) is 0 Å². The van der Waals surface area contributed by atoms with E-state index in [1.165, 1.54) is 0 Å². The number of nitrogens with one attached hydrogen (secondary N) is 1. The summed E-state index contributed by atoms with van der Waals surface area (Å²) in [6.07, 6.45) is -0.653. The maximum absolute atomic E-state index is 8.96. The topological polar surface area (TPSA) is 61.7 Å². The molecule has 0 aromatic carbocycles. The molecule has 0 aromatic heterocycles. The molecule has 0 aliphatic heterocycles. The zero-order valence-electron chi connectivity index (χ0n) is 7.79. The lowest BCUT2D eigenvalue weighted by atomic mass is 10.2. The summed E-state index contributed by atoms with van der Waals surface area (Å²) in [4.78, 5) is 0. The Balaban J connectivity index is 3.18. The Labute approximate surface area is 73.5 Å². The highest BCUT2D eigenvalue weighted by Crippen LogP contribution is 1.91. The maximum atomic E-state index is 8.96. The first-order valence-electron chi connectivity index (χ1n) is 4.19. The van der Waals surface area contributed by atoms with Crippen molar-refractivity contribution in [2.45, 2.75) is 13.0 Å². The molecule has 74 valence electrons. The van der Waals surface area contributed by atoms with Crippen LogP contribution in [0.25, 0.3) is 0 Å². The van der Waals surface area contributed by atoms with Gasteiger partial charge in [-0.3, -0.25) is 0 Å². The first-order valence-corrected chi connectivity index (χ1v) is 4.19. The number of methoxy groups -OCH3 is 1. The van der Waals surface area contributed by atoms with Crippen molar-refractivity contribution in [2.75, 3.05) is 33.4 Å². The molecule has 0 fully saturated rings. The molecule has 0 aliphatic rings. The van der Waals surface area contributed by atoms with E-state index in [0.29, 0.717) is 19.1 Å². The van der Waals surface area contributed by atoms with E-state index < -0.39 is 6.10 Å². The molecule has 0 saturated carbocycles. The highest BCUT2D eigenvalue weighted by atomic mass is 16.5. The standard InChI is InChI=1S/C8H19NO3/c1-7(6-12-2)3-9-4-8(11)5-10/h7-11H,3-6H2,1-2H3/t7?,8-/m0/s1. The molecular weight excluding hydrogens is 158 g/mol. The van der Waals surface area contributed by atoms with Gasteiger partial charge in [0, 0.05) is 20.3 Å². The number of aliphatic hydroxyl groups excluding tert-OH is 2. The second-order valence-corrected chi connectivity index (χ2v) is 3.06. The van der Waals surface area contributed by atoms with Gasteiger partial charge in [0.25, 0.3) is 0 Å². The van der Waals surface area contributed by atoms with Crippen LogP contribution < -0.4 is 5.32 Å². The number of aliphatic hydroxyl groups is 2. The molecule has 0 aliphatic carbocycles. The van der Waals surface area contributed by atoms with Crippen molar-refractivity contribution in [3.8, 4) is 0 Å². The second kappa shape index (κ2) is 7.49. The summed E-state index contributed by atoms with van der Waals surface area (Å²) < 4.78 is 4.94. The summed E-state index contributed by atoms with van der Waals surface area (Å²) in [7, 11) is 1.67. The number of hydrogen-bond donors (Lipinski definition) is 3. The van der Waals surface area contributed by atoms with Crippen LogP contribution in [0.15, 0.2) is 0 Å². The molecule has 3 N–H and O–H groups in total. The van der Waals surface area contributed by atoms with E-state index in [0.717, 1.165) is 6.54 Å². The van der Waals surface area contributed by atoms with Gasteiger partial charge < -0.3 is 20.3 Å². The quantitative estimate of drug-likeness (QED) is 0.477. The van der Waals surface area contributed by atoms with Crippen LogP contribution in [0.5, 0.6) is 0 Å². The van der Waals surface area contributed by atoms with Crippen LogP contribution >= 0.6 is 0 Å². The van der Waals surface area contributed by atoms with Crippen molar-refractivity contribution in [1.82, 2.24) is 5.32 Å². The zero-order chi connectivity index (χ0) is 9.40. The van der Waals surface area contributed by atoms with Crippen molar-refractivity contribution in [3.05, 3.63) is 0 Å². The Kier molecular flexibility index (Phi) is 7.39. The normalized spacial score (nSPS) is 16.0. The summed E-state index contributed by atoms with van der Waals surface area (Å²) >= 11 is 0. The SMILES string of the molecule is COCC(C)CNC[C@H](O)CO. The van der Waals surface area contributed by atoms with Gasteiger partial charge in [-0.1, -0.05) is 6.92 Å². The van der Waals surface area contributed by atoms with Crippen LogP contribution in [0.1, 0.15) is 6.92 Å². The van der Waals surface area contributed by atoms with Crippen LogP contribution in [0.3, 0.4) is 0 Å². The lowest BCUT2D eigenvalue weighted by Crippen LogP contribution is -2.33. The molecule has 0 spiro atoms. The van der Waals surface area contributed by atoms with Crippen molar-refractivity contribution < 1.29 is 14.9 Å². The highest BCUT2D eigenvalue weighted by Gasteiger charge is 2.03. The maximum Gasteiger partial charge on any atom is 0.0894 e. The average molecular weight is 177 g/mol. The van der Waals surface area contributed by atoms with Gasteiger partial charge in [0.15, 0.2) is 0 Å². The molecule has 0 aromatic rings. The van der Waals surface area contributed by atoms with Crippen LogP contribution in [0.2, 0.25) is 0 Å². The van der Waals surface area contributed by atoms with Crippen LogP contribution in [0.4, 0.5) is 0 Å². The van der Waals surface area contributed by atoms with Crippen LogP contribution in [0, 0.1) is 5.92 Å². The fraction of sp³-hybridized carbons (Fsp3) is 1.00. The monoisotopic (exact) mass is 177 g/mol. The fourth-order valence-electron chi connectivity index (χ4n) is 0.904. The largest absolute Gasteiger partial charge is 0.394 e. The van der Waals surface area contributed by atoms with E-state index in [1.54, 1.807) is 7.11 Å². The Morgan fingerprint density at radius 1 is 1.42 bits per heavy atom. The van der Waals surface area contributed by atoms with Crippen molar-refractivity contribution in [1.29, 1.82) is 0 Å². The minimum atomic E-state index is -0.653. The minimum Gasteiger partial charge on any atom is -0.394 e. The number of ether oxygens (including phenoxy) is 1. The van der Waals surface area contributed by atoms with Gasteiger partial charge in [-0.2, -0.15) is 0 Å². The van der Waals surface area contributed by atoms with Gasteiger partial charge in [0.1, 0.15) is 0 Å². The number of rotatable bonds is 7. The Hall–Kier alpha value is -0.160. The Bertz CT molecular complexity index is 100. The van der Waals surface area contributed by atoms with E-state index in [2.05, 4.69) is 12.2 Å². The van der Waals surface area contributed by atoms with Gasteiger partial charge >= 0.3 is 0 Å². The lowest BCUT2D eigenvalue weighted by Gasteiger charge is -2.13. The summed E-state index contributed by atoms with van der Waals surface area (Å²) in [5.41, 5.74) is 0. The fourth-order valence-corrected chi connectivity index (χ4v) is 0.904. The van der Waals surface area contributed by atoms with E-state index in [4.69, 9.17) is 14.9 Å². The predicted octanol–water partition coefficient (Wildman–Crippen LogP) is -0.788. The minimum absolute atomic E-state index is 0.189. The highest BCUT2D eigenvalue weighted by molar-refractivity contribution is 4.60. The van der Waals surface area contributed by atoms with Gasteiger partial charge in [-0.15, -0.1) is 0 Å². The Morgan fingerprint density at radius 2 is 2.08 bits per heavy atom. The van der Waals surface area contributed by atoms with E-state index in [9.17, 15) is 0 Å². The molecular formula is C8H19NO3. The third kappa shape index (κ3) is 6.54. The molecule has 1 unspecified atom stereocenters. The Morgan fingerprint density at radius 3 is 2.58 bits per heavy atom. The molecule has 0 radical (unpaired) electrons. The predicted molar refractivity (Wildman–Crippen MR) is 47.0 cm³/mol. The summed E-state index contributed by atoms with van der Waals surface area (Å²) in [6.45, 7) is 3.81. The van der Waals surface area contributed by atoms with E-state index >= 15 is 0 Å². The summed E-state index contributed by atoms with van der Waals surface area (Å²) in [6, 6.07) is 0. The lowest BCUT2D eigenvalue weighted by molar-refractivity contribution is 0.0915. The van der Waals surface area contributed by atoms with Crippen molar-refractivity contribution >= 4 is 0 Å². The molecule has 0 amide bonds. The summed E-state index contributed by atoms with van der Waals surface area (Å²) in [5, 5.41) is 20.5. The molecule has 4 nitrogen and oxygen atoms in total. The molecule has 0 saturated heterocycles. The third-order valence-corrected chi connectivity index (χ3v) is 1.53. The van der Waals surface area contributed by atoms with Crippen molar-refractivity contribution in [3.63, 3.8) is 0 Å². The molecule has 12 heavy (non-hydrogen) atoms. The van der Waals surface area contributed by atoms with E-state index in [-0.39, 0.29) is 6.61 Å². The zero-order valence-corrected chi connectivity index (χ0v) is 7.79. The van der Waals surface area contributed by atoms with E-state index in [1.807, 2.05) is 0 Å². The summed E-state index contributed by atoms with van der Waals surface area (Å²) in [5.74, 6) is 0.431. The second-order valence-electron chi connectivity index (χ2n) is 3.06. The van der Waals surface area contributed by atoms with Gasteiger partial charge in [0.05, 0.1) is 12.7 Å². The van der Waals surface area contributed by atoms with Gasteiger partial charge in [0.2, 0.25) is 0 Å².